The van der Waals surface area contributed by atoms with Crippen molar-refractivity contribution in [1.82, 2.24) is 0 Å². The van der Waals surface area contributed by atoms with Gasteiger partial charge in [-0.25, -0.2) is 0 Å². The fourth-order valence-electron chi connectivity index (χ4n) is 1.46. The smallest absolute Gasteiger partial charge is 0.458 e. The molecule has 13 heavy (non-hydrogen) atoms. The summed E-state index contributed by atoms with van der Waals surface area (Å²) in [6, 6.07) is 0. The summed E-state index contributed by atoms with van der Waals surface area (Å²) in [6.45, 7) is 12.8. The van der Waals surface area contributed by atoms with Crippen LogP contribution < -0.4 is 5.23 Å². The van der Waals surface area contributed by atoms with E-state index < -0.39 is 7.25 Å². The van der Waals surface area contributed by atoms with Crippen molar-refractivity contribution in [1.29, 1.82) is 0 Å². The molecule has 76 valence electrons. The molecule has 0 unspecified atom stereocenters. The van der Waals surface area contributed by atoms with E-state index in [-0.39, 0.29) is 11.2 Å². The molecule has 0 aromatic carbocycles. The Morgan fingerprint density at radius 1 is 1.23 bits per heavy atom. The minimum absolute atomic E-state index is 0.190. The predicted molar refractivity (Wildman–Crippen MR) is 54.5 cm³/mol. The van der Waals surface area contributed by atoms with Crippen LogP contribution in [0.25, 0.3) is 0 Å². The first kappa shape index (κ1) is 10.8. The summed E-state index contributed by atoms with van der Waals surface area (Å²) in [5.74, 6) is 0. The van der Waals surface area contributed by atoms with E-state index in [9.17, 15) is 0 Å². The quantitative estimate of drug-likeness (QED) is 0.498. The van der Waals surface area contributed by atoms with Gasteiger partial charge in [-0.15, -0.1) is 0 Å². The summed E-state index contributed by atoms with van der Waals surface area (Å²) >= 11 is 0. The van der Waals surface area contributed by atoms with Crippen molar-refractivity contribution in [3.05, 3.63) is 12.7 Å². The summed E-state index contributed by atoms with van der Waals surface area (Å²) < 4.78 is 11.6. The van der Waals surface area contributed by atoms with Gasteiger partial charge in [0.1, 0.15) is 0 Å². The van der Waals surface area contributed by atoms with Crippen LogP contribution in [0.2, 0.25) is 0 Å². The third-order valence-corrected chi connectivity index (χ3v) is 3.03. The molecule has 0 saturated carbocycles. The SMILES string of the molecule is C=CC[NH2+][BH-]1OC(C)(C)C(C)(C)O1. The van der Waals surface area contributed by atoms with E-state index in [0.29, 0.717) is 0 Å². The molecule has 0 bridgehead atoms. The maximum absolute atomic E-state index is 5.82. The molecule has 0 radical (unpaired) electrons. The van der Waals surface area contributed by atoms with Crippen molar-refractivity contribution in [3.63, 3.8) is 0 Å². The number of hydrogen-bond donors (Lipinski definition) is 1. The zero-order chi connectivity index (χ0) is 10.1. The second kappa shape index (κ2) is 3.44. The first-order chi connectivity index (χ1) is 5.89. The lowest BCUT2D eigenvalue weighted by Gasteiger charge is -2.35. The van der Waals surface area contributed by atoms with Crippen LogP contribution in [0.15, 0.2) is 12.7 Å². The zero-order valence-electron chi connectivity index (χ0n) is 9.09. The van der Waals surface area contributed by atoms with Gasteiger partial charge in [0.25, 0.3) is 0 Å². The average Bonchev–Trinajstić information content (AvgIpc) is 2.17. The van der Waals surface area contributed by atoms with Gasteiger partial charge in [-0.2, -0.15) is 0 Å². The minimum Gasteiger partial charge on any atom is -0.510 e. The van der Waals surface area contributed by atoms with E-state index in [1.54, 1.807) is 0 Å². The Hall–Kier alpha value is -0.315. The molecular formula is C9H20BNO2. The fourth-order valence-corrected chi connectivity index (χ4v) is 1.46. The Bertz CT molecular complexity index is 188. The van der Waals surface area contributed by atoms with Gasteiger partial charge < -0.3 is 14.5 Å². The van der Waals surface area contributed by atoms with Crippen LogP contribution in [0.5, 0.6) is 0 Å². The molecule has 0 aromatic heterocycles. The van der Waals surface area contributed by atoms with Crippen LogP contribution in [0, 0.1) is 0 Å². The Morgan fingerprint density at radius 2 is 1.69 bits per heavy atom. The number of hydrogen-bond acceptors (Lipinski definition) is 2. The largest absolute Gasteiger partial charge is 0.510 e. The topological polar surface area (TPSA) is 35.1 Å². The van der Waals surface area contributed by atoms with Crippen molar-refractivity contribution in [2.24, 2.45) is 0 Å². The van der Waals surface area contributed by atoms with E-state index >= 15 is 0 Å². The van der Waals surface area contributed by atoms with Crippen LogP contribution >= 0.6 is 0 Å². The van der Waals surface area contributed by atoms with Crippen molar-refractivity contribution in [2.45, 2.75) is 38.9 Å². The summed E-state index contributed by atoms with van der Waals surface area (Å²) in [5, 5.41) is 2.07. The molecule has 0 atom stereocenters. The summed E-state index contributed by atoms with van der Waals surface area (Å²) in [5.41, 5.74) is -0.380. The molecule has 0 spiro atoms. The molecular weight excluding hydrogens is 165 g/mol. The predicted octanol–water partition coefficient (Wildman–Crippen LogP) is 0.0570. The monoisotopic (exact) mass is 185 g/mol. The van der Waals surface area contributed by atoms with Crippen molar-refractivity contribution in [3.8, 4) is 0 Å². The van der Waals surface area contributed by atoms with Gasteiger partial charge in [0.05, 0.1) is 6.54 Å². The summed E-state index contributed by atoms with van der Waals surface area (Å²) in [6.07, 6.45) is 1.86. The molecule has 2 N–H and O–H groups in total. The summed E-state index contributed by atoms with van der Waals surface area (Å²) in [4.78, 5) is 0. The Labute approximate surface area is 80.7 Å². The van der Waals surface area contributed by atoms with Crippen LogP contribution in [-0.4, -0.2) is 25.0 Å². The zero-order valence-corrected chi connectivity index (χ0v) is 9.09. The molecule has 1 aliphatic rings. The minimum atomic E-state index is -1.00. The van der Waals surface area contributed by atoms with E-state index in [0.717, 1.165) is 6.54 Å². The van der Waals surface area contributed by atoms with Crippen molar-refractivity contribution < 1.29 is 14.5 Å². The third-order valence-electron chi connectivity index (χ3n) is 3.03. The van der Waals surface area contributed by atoms with Gasteiger partial charge in [0.2, 0.25) is 0 Å². The first-order valence-electron chi connectivity index (χ1n) is 4.87. The van der Waals surface area contributed by atoms with Crippen molar-refractivity contribution in [2.75, 3.05) is 6.54 Å². The molecule has 1 aliphatic heterocycles. The summed E-state index contributed by atoms with van der Waals surface area (Å²) in [7, 11) is -1.00. The van der Waals surface area contributed by atoms with Gasteiger partial charge in [-0.3, -0.25) is 0 Å². The van der Waals surface area contributed by atoms with E-state index in [2.05, 4.69) is 39.5 Å². The second-order valence-electron chi connectivity index (χ2n) is 4.57. The van der Waals surface area contributed by atoms with Gasteiger partial charge in [0.15, 0.2) is 0 Å². The Balaban J connectivity index is 2.54. The molecule has 0 aliphatic carbocycles. The van der Waals surface area contributed by atoms with Gasteiger partial charge in [-0.05, 0) is 33.8 Å². The lowest BCUT2D eigenvalue weighted by Crippen LogP contribution is -2.93. The van der Waals surface area contributed by atoms with Crippen LogP contribution in [0.4, 0.5) is 0 Å². The number of quaternary nitrogens is 1. The molecule has 1 saturated heterocycles. The van der Waals surface area contributed by atoms with E-state index in [4.69, 9.17) is 9.31 Å². The van der Waals surface area contributed by atoms with Crippen LogP contribution in [-0.2, 0) is 9.31 Å². The van der Waals surface area contributed by atoms with Crippen LogP contribution in [0.1, 0.15) is 27.7 Å². The second-order valence-corrected chi connectivity index (χ2v) is 4.57. The molecule has 1 fully saturated rings. The number of rotatable bonds is 3. The fraction of sp³-hybridized carbons (Fsp3) is 0.778. The first-order valence-corrected chi connectivity index (χ1v) is 4.87. The van der Waals surface area contributed by atoms with Gasteiger partial charge in [-0.1, -0.05) is 6.58 Å². The highest BCUT2D eigenvalue weighted by Crippen LogP contribution is 2.34. The highest BCUT2D eigenvalue weighted by molar-refractivity contribution is 6.34. The van der Waals surface area contributed by atoms with Crippen LogP contribution in [0.3, 0.4) is 0 Å². The highest BCUT2D eigenvalue weighted by Gasteiger charge is 2.45. The molecule has 1 heterocycles. The van der Waals surface area contributed by atoms with E-state index in [1.165, 1.54) is 0 Å². The molecule has 0 amide bonds. The third kappa shape index (κ3) is 2.13. The van der Waals surface area contributed by atoms with Crippen molar-refractivity contribution >= 4 is 7.25 Å². The Kier molecular flexibility index (Phi) is 2.85. The maximum atomic E-state index is 5.82. The lowest BCUT2D eigenvalue weighted by molar-refractivity contribution is -0.537. The maximum Gasteiger partial charge on any atom is 0.458 e. The normalized spacial score (nSPS) is 26.2. The van der Waals surface area contributed by atoms with Gasteiger partial charge >= 0.3 is 7.25 Å². The molecule has 3 nitrogen and oxygen atoms in total. The average molecular weight is 185 g/mol. The number of nitrogens with two attached hydrogens (primary N) is 1. The molecule has 4 heteroatoms. The molecule has 0 aromatic rings. The Morgan fingerprint density at radius 3 is 2.08 bits per heavy atom. The van der Waals surface area contributed by atoms with Gasteiger partial charge in [0, 0.05) is 11.2 Å². The lowest BCUT2D eigenvalue weighted by atomic mass is 9.90. The highest BCUT2D eigenvalue weighted by atomic mass is 16.7. The standard InChI is InChI=1S/C9H20BNO2/c1-6-7-11-10-12-8(2,3)9(4,5)13-10/h6,10H,1,7,11H2,2-5H3. The molecule has 1 rings (SSSR count). The van der Waals surface area contributed by atoms with E-state index in [1.807, 2.05) is 6.08 Å².